The second-order valence-corrected chi connectivity index (χ2v) is 6.14. The Morgan fingerprint density at radius 1 is 1.30 bits per heavy atom. The van der Waals surface area contributed by atoms with Crippen molar-refractivity contribution in [1.29, 1.82) is 0 Å². The van der Waals surface area contributed by atoms with E-state index >= 15 is 0 Å². The lowest BCUT2D eigenvalue weighted by atomic mass is 10.2. The summed E-state index contributed by atoms with van der Waals surface area (Å²) in [7, 11) is 2.21. The monoisotopic (exact) mass is 276 g/mol. The quantitative estimate of drug-likeness (QED) is 0.776. The van der Waals surface area contributed by atoms with E-state index in [1.165, 1.54) is 24.9 Å². The van der Waals surface area contributed by atoms with E-state index in [2.05, 4.69) is 26.8 Å². The fraction of sp³-hybridized carbons (Fsp3) is 0.733. The summed E-state index contributed by atoms with van der Waals surface area (Å²) in [5.41, 5.74) is 1.18. The third-order valence-electron chi connectivity index (χ3n) is 4.03. The van der Waals surface area contributed by atoms with Crippen LogP contribution in [0.2, 0.25) is 0 Å². The van der Waals surface area contributed by atoms with Crippen LogP contribution in [0.3, 0.4) is 0 Å². The summed E-state index contributed by atoms with van der Waals surface area (Å²) >= 11 is 0. The van der Waals surface area contributed by atoms with Gasteiger partial charge in [0.2, 0.25) is 0 Å². The van der Waals surface area contributed by atoms with E-state index in [1.54, 1.807) is 6.33 Å². The third-order valence-corrected chi connectivity index (χ3v) is 4.03. The average molecular weight is 276 g/mol. The van der Waals surface area contributed by atoms with Gasteiger partial charge in [0.25, 0.3) is 0 Å². The lowest BCUT2D eigenvalue weighted by Crippen LogP contribution is -2.46. The van der Waals surface area contributed by atoms with Crippen LogP contribution in [-0.4, -0.2) is 65.7 Å². The van der Waals surface area contributed by atoms with Crippen LogP contribution in [0.4, 0.5) is 0 Å². The summed E-state index contributed by atoms with van der Waals surface area (Å²) in [6.45, 7) is 6.02. The lowest BCUT2D eigenvalue weighted by molar-refractivity contribution is -0.0435. The first-order chi connectivity index (χ1) is 9.79. The maximum Gasteiger partial charge on any atom is 0.115 e. The summed E-state index contributed by atoms with van der Waals surface area (Å²) in [6.07, 6.45) is 8.54. The zero-order valence-corrected chi connectivity index (χ0v) is 12.2. The molecular weight excluding hydrogens is 252 g/mol. The Labute approximate surface area is 121 Å². The Hall–Kier alpha value is -1.04. The van der Waals surface area contributed by atoms with Crippen LogP contribution in [0.25, 0.3) is 0 Å². The smallest absolute Gasteiger partial charge is 0.115 e. The highest BCUT2D eigenvalue weighted by molar-refractivity contribution is 5.02. The van der Waals surface area contributed by atoms with E-state index in [9.17, 15) is 0 Å². The maximum absolute atomic E-state index is 5.90. The van der Waals surface area contributed by atoms with Gasteiger partial charge in [-0.25, -0.2) is 9.97 Å². The molecule has 1 atom stereocenters. The molecule has 0 unspecified atom stereocenters. The predicted octanol–water partition coefficient (Wildman–Crippen LogP) is 1.02. The van der Waals surface area contributed by atoms with Crippen molar-refractivity contribution < 1.29 is 4.74 Å². The van der Waals surface area contributed by atoms with Gasteiger partial charge in [0.1, 0.15) is 6.33 Å². The molecule has 0 aromatic carbocycles. The summed E-state index contributed by atoms with van der Waals surface area (Å²) in [5.74, 6) is 0.946. The van der Waals surface area contributed by atoms with Gasteiger partial charge in [0, 0.05) is 50.7 Å². The van der Waals surface area contributed by atoms with Crippen LogP contribution in [0.1, 0.15) is 18.4 Å². The molecule has 0 N–H and O–H groups in total. The first-order valence-electron chi connectivity index (χ1n) is 7.56. The summed E-state index contributed by atoms with van der Waals surface area (Å²) in [4.78, 5) is 13.0. The standard InChI is InChI=1S/C15H24N4O/c1-18(8-13-2-3-13)10-15-11-19(4-5-20-15)9-14-6-16-12-17-7-14/h6-7,12-13,15H,2-5,8-11H2,1H3/t15-/m0/s1. The van der Waals surface area contributed by atoms with Crippen molar-refractivity contribution in [1.82, 2.24) is 19.8 Å². The fourth-order valence-corrected chi connectivity index (χ4v) is 2.87. The van der Waals surface area contributed by atoms with E-state index in [1.807, 2.05) is 12.4 Å². The molecule has 110 valence electrons. The molecule has 1 saturated heterocycles. The molecule has 5 nitrogen and oxygen atoms in total. The Morgan fingerprint density at radius 3 is 2.85 bits per heavy atom. The molecule has 1 aromatic heterocycles. The number of ether oxygens (including phenoxy) is 1. The number of nitrogens with zero attached hydrogens (tertiary/aromatic N) is 4. The van der Waals surface area contributed by atoms with Gasteiger partial charge in [-0.3, -0.25) is 4.90 Å². The molecule has 2 aliphatic rings. The van der Waals surface area contributed by atoms with Gasteiger partial charge in [-0.2, -0.15) is 0 Å². The first-order valence-corrected chi connectivity index (χ1v) is 7.56. The summed E-state index contributed by atoms with van der Waals surface area (Å²) in [5, 5.41) is 0. The van der Waals surface area contributed by atoms with Crippen LogP contribution in [0.15, 0.2) is 18.7 Å². The maximum atomic E-state index is 5.90. The minimum atomic E-state index is 0.331. The van der Waals surface area contributed by atoms with Gasteiger partial charge in [0.05, 0.1) is 12.7 Å². The normalized spacial score (nSPS) is 24.2. The minimum Gasteiger partial charge on any atom is -0.374 e. The Balaban J connectivity index is 1.45. The Morgan fingerprint density at radius 2 is 2.10 bits per heavy atom. The second-order valence-electron chi connectivity index (χ2n) is 6.14. The fourth-order valence-electron chi connectivity index (χ4n) is 2.87. The van der Waals surface area contributed by atoms with Gasteiger partial charge in [0.15, 0.2) is 0 Å². The van der Waals surface area contributed by atoms with Crippen LogP contribution in [0.5, 0.6) is 0 Å². The molecule has 2 fully saturated rings. The number of hydrogen-bond donors (Lipinski definition) is 0. The average Bonchev–Trinajstić information content (AvgIpc) is 3.24. The zero-order valence-electron chi connectivity index (χ0n) is 12.2. The predicted molar refractivity (Wildman–Crippen MR) is 77.3 cm³/mol. The highest BCUT2D eigenvalue weighted by Gasteiger charge is 2.26. The van der Waals surface area contributed by atoms with Gasteiger partial charge < -0.3 is 9.64 Å². The van der Waals surface area contributed by atoms with E-state index in [4.69, 9.17) is 4.74 Å². The van der Waals surface area contributed by atoms with Gasteiger partial charge in [-0.15, -0.1) is 0 Å². The molecule has 0 spiro atoms. The van der Waals surface area contributed by atoms with Crippen molar-refractivity contribution in [3.05, 3.63) is 24.3 Å². The van der Waals surface area contributed by atoms with Crippen LogP contribution < -0.4 is 0 Å². The molecule has 1 aliphatic carbocycles. The second kappa shape index (κ2) is 6.61. The zero-order chi connectivity index (χ0) is 13.8. The van der Waals surface area contributed by atoms with Crippen LogP contribution in [0, 0.1) is 5.92 Å². The van der Waals surface area contributed by atoms with Crippen molar-refractivity contribution in [3.8, 4) is 0 Å². The number of aromatic nitrogens is 2. The van der Waals surface area contributed by atoms with Crippen LogP contribution >= 0.6 is 0 Å². The molecule has 3 rings (SSSR count). The Kier molecular flexibility index (Phi) is 4.60. The van der Waals surface area contributed by atoms with Gasteiger partial charge >= 0.3 is 0 Å². The summed E-state index contributed by atoms with van der Waals surface area (Å²) in [6, 6.07) is 0. The molecule has 0 bridgehead atoms. The minimum absolute atomic E-state index is 0.331. The Bertz CT molecular complexity index is 410. The number of rotatable bonds is 6. The molecule has 20 heavy (non-hydrogen) atoms. The van der Waals surface area contributed by atoms with E-state index < -0.39 is 0 Å². The SMILES string of the molecule is CN(CC1CC1)C[C@H]1CN(Cc2cncnc2)CCO1. The molecular formula is C15H24N4O. The number of likely N-dealkylation sites (N-methyl/N-ethyl adjacent to an activating group) is 1. The molecule has 0 amide bonds. The van der Waals surface area contributed by atoms with Crippen molar-refractivity contribution in [2.75, 3.05) is 39.8 Å². The largest absolute Gasteiger partial charge is 0.374 e. The molecule has 0 radical (unpaired) electrons. The van der Waals surface area contributed by atoms with E-state index in [0.717, 1.165) is 38.7 Å². The first kappa shape index (κ1) is 13.9. The van der Waals surface area contributed by atoms with Gasteiger partial charge in [-0.1, -0.05) is 0 Å². The van der Waals surface area contributed by atoms with Crippen molar-refractivity contribution in [2.45, 2.75) is 25.5 Å². The number of hydrogen-bond acceptors (Lipinski definition) is 5. The lowest BCUT2D eigenvalue weighted by Gasteiger charge is -2.34. The third kappa shape index (κ3) is 4.23. The van der Waals surface area contributed by atoms with Gasteiger partial charge in [-0.05, 0) is 25.8 Å². The molecule has 1 saturated carbocycles. The van der Waals surface area contributed by atoms with Crippen molar-refractivity contribution in [2.24, 2.45) is 5.92 Å². The number of morpholine rings is 1. The topological polar surface area (TPSA) is 41.5 Å². The highest BCUT2D eigenvalue weighted by Crippen LogP contribution is 2.29. The summed E-state index contributed by atoms with van der Waals surface area (Å²) < 4.78 is 5.90. The molecule has 1 aromatic rings. The van der Waals surface area contributed by atoms with Crippen molar-refractivity contribution in [3.63, 3.8) is 0 Å². The van der Waals surface area contributed by atoms with Crippen LogP contribution in [-0.2, 0) is 11.3 Å². The van der Waals surface area contributed by atoms with Crippen molar-refractivity contribution >= 4 is 0 Å². The van der Waals surface area contributed by atoms with E-state index in [-0.39, 0.29) is 0 Å². The van der Waals surface area contributed by atoms with E-state index in [0.29, 0.717) is 6.10 Å². The molecule has 1 aliphatic heterocycles. The molecule has 5 heteroatoms. The highest BCUT2D eigenvalue weighted by atomic mass is 16.5. The molecule has 2 heterocycles.